The molecule has 0 saturated heterocycles. The van der Waals surface area contributed by atoms with E-state index in [-0.39, 0.29) is 17.5 Å². The highest BCUT2D eigenvalue weighted by atomic mass is 32.2. The van der Waals surface area contributed by atoms with Gasteiger partial charge in [0.1, 0.15) is 5.82 Å². The van der Waals surface area contributed by atoms with Crippen LogP contribution in [0, 0.1) is 5.82 Å². The van der Waals surface area contributed by atoms with Crippen molar-refractivity contribution in [3.63, 3.8) is 0 Å². The maximum atomic E-state index is 14.1. The molecule has 0 aliphatic heterocycles. The van der Waals surface area contributed by atoms with Gasteiger partial charge in [0.15, 0.2) is 5.13 Å². The Kier molecular flexibility index (Phi) is 6.79. The van der Waals surface area contributed by atoms with Crippen LogP contribution >= 0.6 is 23.1 Å². The molecular weight excluding hydrogens is 409 g/mol. The molecule has 2 aromatic carbocycles. The lowest BCUT2D eigenvalue weighted by Gasteiger charge is -2.18. The summed E-state index contributed by atoms with van der Waals surface area (Å²) in [6.07, 6.45) is 4.88. The third kappa shape index (κ3) is 5.30. The summed E-state index contributed by atoms with van der Waals surface area (Å²) < 4.78 is 14.1. The summed E-state index contributed by atoms with van der Waals surface area (Å²) in [4.78, 5) is 30.8. The summed E-state index contributed by atoms with van der Waals surface area (Å²) in [5.41, 5.74) is 1.34. The van der Waals surface area contributed by atoms with Crippen LogP contribution in [0.25, 0.3) is 6.08 Å². The Morgan fingerprint density at radius 3 is 2.72 bits per heavy atom. The molecule has 5 nitrogen and oxygen atoms in total. The normalized spacial score (nSPS) is 10.9. The number of anilines is 3. The minimum Gasteiger partial charge on any atom is -0.322 e. The zero-order chi connectivity index (χ0) is 20.8. The zero-order valence-electron chi connectivity index (χ0n) is 15.8. The lowest BCUT2D eigenvalue weighted by atomic mass is 10.3. The van der Waals surface area contributed by atoms with E-state index in [1.807, 2.05) is 30.5 Å². The number of hydrogen-bond donors (Lipinski definition) is 1. The van der Waals surface area contributed by atoms with Crippen molar-refractivity contribution in [3.05, 3.63) is 71.5 Å². The van der Waals surface area contributed by atoms with Gasteiger partial charge in [0.25, 0.3) is 0 Å². The topological polar surface area (TPSA) is 62.3 Å². The van der Waals surface area contributed by atoms with Gasteiger partial charge in [-0.05, 0) is 42.7 Å². The molecule has 3 rings (SSSR count). The number of benzene rings is 2. The van der Waals surface area contributed by atoms with Gasteiger partial charge in [-0.1, -0.05) is 18.2 Å². The van der Waals surface area contributed by atoms with Crippen molar-refractivity contribution in [2.24, 2.45) is 0 Å². The lowest BCUT2D eigenvalue weighted by molar-refractivity contribution is -0.116. The second-order valence-corrected chi connectivity index (χ2v) is 7.63. The van der Waals surface area contributed by atoms with Gasteiger partial charge in [-0.2, -0.15) is 0 Å². The first-order valence-corrected chi connectivity index (χ1v) is 10.7. The van der Waals surface area contributed by atoms with E-state index < -0.39 is 5.82 Å². The summed E-state index contributed by atoms with van der Waals surface area (Å²) in [5.74, 6) is -1.16. The van der Waals surface area contributed by atoms with Gasteiger partial charge < -0.3 is 5.32 Å². The molecule has 0 fully saturated rings. The molecule has 1 N–H and O–H groups in total. The second kappa shape index (κ2) is 9.49. The standard InChI is InChI=1S/C21H18FN3O2S2/c1-14(26)25(19-9-4-3-8-18(19)22)21-24-16(13-29-21)10-11-20(27)23-15-6-5-7-17(12-15)28-2/h3-13H,1-2H3,(H,23,27)/b11-10+. The van der Waals surface area contributed by atoms with E-state index in [1.165, 1.54) is 41.4 Å². The molecule has 0 unspecified atom stereocenters. The number of rotatable bonds is 6. The van der Waals surface area contributed by atoms with Crippen LogP contribution in [0.2, 0.25) is 0 Å². The Balaban J connectivity index is 1.74. The number of thiazole rings is 1. The first-order valence-electron chi connectivity index (χ1n) is 8.62. The molecular formula is C21H18FN3O2S2. The Hall–Kier alpha value is -2.97. The molecule has 0 saturated carbocycles. The van der Waals surface area contributed by atoms with Crippen LogP contribution in [0.5, 0.6) is 0 Å². The molecule has 8 heteroatoms. The van der Waals surface area contributed by atoms with Crippen LogP contribution in [0.15, 0.2) is 64.9 Å². The molecule has 0 atom stereocenters. The summed E-state index contributed by atoms with van der Waals surface area (Å²) in [5, 5.41) is 4.82. The van der Waals surface area contributed by atoms with Crippen LogP contribution in [-0.4, -0.2) is 23.1 Å². The number of hydrogen-bond acceptors (Lipinski definition) is 5. The molecule has 3 aromatic rings. The molecule has 0 aliphatic carbocycles. The molecule has 1 aromatic heterocycles. The highest BCUT2D eigenvalue weighted by Crippen LogP contribution is 2.31. The summed E-state index contributed by atoms with van der Waals surface area (Å²) in [7, 11) is 0. The molecule has 148 valence electrons. The number of carbonyl (C=O) groups is 2. The SMILES string of the molecule is CSc1cccc(NC(=O)/C=C/c2csc(N(C(C)=O)c3ccccc3F)n2)c1. The van der Waals surface area contributed by atoms with Crippen molar-refractivity contribution in [3.8, 4) is 0 Å². The van der Waals surface area contributed by atoms with Crippen molar-refractivity contribution in [1.82, 2.24) is 4.98 Å². The van der Waals surface area contributed by atoms with Crippen molar-refractivity contribution in [1.29, 1.82) is 0 Å². The fourth-order valence-electron chi connectivity index (χ4n) is 2.54. The average molecular weight is 428 g/mol. The number of nitrogens with one attached hydrogen (secondary N) is 1. The van der Waals surface area contributed by atoms with E-state index >= 15 is 0 Å². The van der Waals surface area contributed by atoms with E-state index in [2.05, 4.69) is 10.3 Å². The molecule has 29 heavy (non-hydrogen) atoms. The molecule has 0 aliphatic rings. The highest BCUT2D eigenvalue weighted by Gasteiger charge is 2.20. The number of halogens is 1. The van der Waals surface area contributed by atoms with Crippen molar-refractivity contribution >= 4 is 57.5 Å². The van der Waals surface area contributed by atoms with Crippen molar-refractivity contribution < 1.29 is 14.0 Å². The van der Waals surface area contributed by atoms with Crippen LogP contribution in [0.4, 0.5) is 20.9 Å². The van der Waals surface area contributed by atoms with Crippen LogP contribution in [0.3, 0.4) is 0 Å². The highest BCUT2D eigenvalue weighted by molar-refractivity contribution is 7.98. The molecule has 2 amide bonds. The Labute approximate surface area is 176 Å². The first kappa shape index (κ1) is 20.8. The van der Waals surface area contributed by atoms with E-state index in [0.29, 0.717) is 16.5 Å². The number of carbonyl (C=O) groups excluding carboxylic acids is 2. The molecule has 0 bridgehead atoms. The van der Waals surface area contributed by atoms with Crippen molar-refractivity contribution in [2.75, 3.05) is 16.5 Å². The Bertz CT molecular complexity index is 1070. The largest absolute Gasteiger partial charge is 0.322 e. The Morgan fingerprint density at radius 1 is 1.21 bits per heavy atom. The third-order valence-corrected chi connectivity index (χ3v) is 5.42. The predicted molar refractivity (Wildman–Crippen MR) is 117 cm³/mol. The predicted octanol–water partition coefficient (Wildman–Crippen LogP) is 5.34. The Morgan fingerprint density at radius 2 is 2.00 bits per heavy atom. The van der Waals surface area contributed by atoms with Gasteiger partial charge in [-0.3, -0.25) is 14.5 Å². The minimum atomic E-state index is -0.512. The molecule has 1 heterocycles. The number of amides is 2. The molecule has 0 radical (unpaired) electrons. The maximum Gasteiger partial charge on any atom is 0.248 e. The van der Waals surface area contributed by atoms with Gasteiger partial charge in [0.2, 0.25) is 11.8 Å². The second-order valence-electron chi connectivity index (χ2n) is 5.92. The number of nitrogens with zero attached hydrogens (tertiary/aromatic N) is 2. The monoisotopic (exact) mass is 427 g/mol. The summed E-state index contributed by atoms with van der Waals surface area (Å²) in [6.45, 7) is 1.35. The van der Waals surface area contributed by atoms with E-state index in [9.17, 15) is 14.0 Å². The van der Waals surface area contributed by atoms with Gasteiger partial charge in [0, 0.05) is 29.0 Å². The summed E-state index contributed by atoms with van der Waals surface area (Å²) in [6, 6.07) is 13.5. The fourth-order valence-corrected chi connectivity index (χ4v) is 3.85. The molecule has 0 spiro atoms. The maximum absolute atomic E-state index is 14.1. The van der Waals surface area contributed by atoms with Crippen molar-refractivity contribution in [2.45, 2.75) is 11.8 Å². The van der Waals surface area contributed by atoms with E-state index in [4.69, 9.17) is 0 Å². The van der Waals surface area contributed by atoms with E-state index in [1.54, 1.807) is 35.4 Å². The van der Waals surface area contributed by atoms with Gasteiger partial charge in [-0.25, -0.2) is 9.37 Å². The lowest BCUT2D eigenvalue weighted by Crippen LogP contribution is -2.23. The van der Waals surface area contributed by atoms with Crippen LogP contribution in [0.1, 0.15) is 12.6 Å². The first-order chi connectivity index (χ1) is 14.0. The van der Waals surface area contributed by atoms with Crippen LogP contribution in [-0.2, 0) is 9.59 Å². The number of aromatic nitrogens is 1. The van der Waals surface area contributed by atoms with Gasteiger partial charge in [0.05, 0.1) is 11.4 Å². The van der Waals surface area contributed by atoms with Gasteiger partial charge in [-0.15, -0.1) is 23.1 Å². The quantitative estimate of drug-likeness (QED) is 0.426. The summed E-state index contributed by atoms with van der Waals surface area (Å²) >= 11 is 2.78. The smallest absolute Gasteiger partial charge is 0.248 e. The minimum absolute atomic E-state index is 0.135. The third-order valence-electron chi connectivity index (χ3n) is 3.85. The van der Waals surface area contributed by atoms with E-state index in [0.717, 1.165) is 4.90 Å². The zero-order valence-corrected chi connectivity index (χ0v) is 17.4. The van der Waals surface area contributed by atoms with Crippen LogP contribution < -0.4 is 10.2 Å². The average Bonchev–Trinajstić information content (AvgIpc) is 3.16. The van der Waals surface area contributed by atoms with Gasteiger partial charge >= 0.3 is 0 Å². The fraction of sp³-hybridized carbons (Fsp3) is 0.0952. The number of para-hydroxylation sites is 1. The number of thioether (sulfide) groups is 1.